The molecule has 0 aliphatic carbocycles. The van der Waals surface area contributed by atoms with Crippen molar-refractivity contribution in [1.29, 1.82) is 0 Å². The zero-order valence-corrected chi connectivity index (χ0v) is 49.8. The normalized spacial score (nSPS) is 12.8. The lowest BCUT2D eigenvalue weighted by atomic mass is 10.0. The van der Waals surface area contributed by atoms with E-state index in [1.807, 2.05) is 6.08 Å². The fraction of sp³-hybridized carbons (Fsp3) is 0.882. The molecule has 0 aromatic carbocycles. The molecule has 0 aliphatic heterocycles. The number of unbranched alkanes of at least 4 members (excludes halogenated alkanes) is 47. The predicted molar refractivity (Wildman–Crippen MR) is 324 cm³/mol. The second kappa shape index (κ2) is 63.6. The lowest BCUT2D eigenvalue weighted by molar-refractivity contribution is -0.143. The minimum absolute atomic E-state index is 0.00835. The van der Waals surface area contributed by atoms with Gasteiger partial charge in [0.2, 0.25) is 5.91 Å². The number of amides is 1. The second-order valence-electron chi connectivity index (χ2n) is 22.8. The number of ether oxygens (including phenoxy) is 1. The molecule has 1 amide bonds. The Labute approximate surface area is 462 Å². The molecule has 436 valence electrons. The van der Waals surface area contributed by atoms with E-state index in [0.29, 0.717) is 19.4 Å². The summed E-state index contributed by atoms with van der Waals surface area (Å²) >= 11 is 0. The number of hydrogen-bond donors (Lipinski definition) is 3. The molecule has 0 saturated carbocycles. The summed E-state index contributed by atoms with van der Waals surface area (Å²) in [7, 11) is 0. The second-order valence-corrected chi connectivity index (χ2v) is 22.8. The molecule has 6 heteroatoms. The van der Waals surface area contributed by atoms with Gasteiger partial charge in [0, 0.05) is 12.8 Å². The van der Waals surface area contributed by atoms with E-state index >= 15 is 0 Å². The minimum atomic E-state index is -0.849. The van der Waals surface area contributed by atoms with Crippen molar-refractivity contribution in [2.45, 2.75) is 373 Å². The van der Waals surface area contributed by atoms with E-state index in [4.69, 9.17) is 4.74 Å². The highest BCUT2D eigenvalue weighted by Gasteiger charge is 2.18. The Morgan fingerprint density at radius 1 is 0.365 bits per heavy atom. The average molecular weight is 1040 g/mol. The monoisotopic (exact) mass is 1040 g/mol. The SMILES string of the molecule is CCCCCCCCC/C=C\CCCCCCCCCC(=O)OCCCCCCCCCCCCCC/C=C\CCCCCCCCCC(=O)NC(CO)C(O)/C=C/CCCCCCCCCCCCCCCC. The molecule has 0 fully saturated rings. The molecule has 0 aromatic rings. The predicted octanol–water partition coefficient (Wildman–Crippen LogP) is 21.1. The summed E-state index contributed by atoms with van der Waals surface area (Å²) in [6.45, 7) is 4.92. The van der Waals surface area contributed by atoms with Gasteiger partial charge >= 0.3 is 5.97 Å². The average Bonchev–Trinajstić information content (AvgIpc) is 3.40. The summed E-state index contributed by atoms with van der Waals surface area (Å²) in [6, 6.07) is -0.633. The van der Waals surface area contributed by atoms with Gasteiger partial charge < -0.3 is 20.3 Å². The highest BCUT2D eigenvalue weighted by molar-refractivity contribution is 5.76. The molecule has 0 aromatic heterocycles. The first kappa shape index (κ1) is 72.1. The molecule has 74 heavy (non-hydrogen) atoms. The number of aliphatic hydroxyl groups excluding tert-OH is 2. The molecule has 0 spiro atoms. The first-order chi connectivity index (χ1) is 36.5. The number of aliphatic hydroxyl groups is 2. The molecule has 2 unspecified atom stereocenters. The maximum atomic E-state index is 12.5. The van der Waals surface area contributed by atoms with Crippen LogP contribution >= 0.6 is 0 Å². The Bertz CT molecular complexity index is 1200. The molecule has 2 atom stereocenters. The van der Waals surface area contributed by atoms with Crippen molar-refractivity contribution in [3.8, 4) is 0 Å². The molecule has 0 heterocycles. The van der Waals surface area contributed by atoms with Crippen LogP contribution in [0.25, 0.3) is 0 Å². The summed E-state index contributed by atoms with van der Waals surface area (Å²) in [6.07, 6.45) is 80.6. The van der Waals surface area contributed by atoms with Gasteiger partial charge in [-0.05, 0) is 83.5 Å². The van der Waals surface area contributed by atoms with Gasteiger partial charge in [-0.15, -0.1) is 0 Å². The number of allylic oxidation sites excluding steroid dienone is 5. The zero-order chi connectivity index (χ0) is 53.6. The largest absolute Gasteiger partial charge is 0.466 e. The van der Waals surface area contributed by atoms with Gasteiger partial charge in [-0.2, -0.15) is 0 Å². The zero-order valence-electron chi connectivity index (χ0n) is 49.8. The van der Waals surface area contributed by atoms with Crippen LogP contribution in [0.5, 0.6) is 0 Å². The lowest BCUT2D eigenvalue weighted by Gasteiger charge is -2.20. The summed E-state index contributed by atoms with van der Waals surface area (Å²) in [5, 5.41) is 23.2. The van der Waals surface area contributed by atoms with E-state index in [9.17, 15) is 19.8 Å². The van der Waals surface area contributed by atoms with Crippen LogP contribution < -0.4 is 5.32 Å². The van der Waals surface area contributed by atoms with Gasteiger partial charge in [-0.1, -0.05) is 301 Å². The van der Waals surface area contributed by atoms with Crippen molar-refractivity contribution in [3.63, 3.8) is 0 Å². The van der Waals surface area contributed by atoms with E-state index in [1.54, 1.807) is 6.08 Å². The minimum Gasteiger partial charge on any atom is -0.466 e. The Morgan fingerprint density at radius 2 is 0.635 bits per heavy atom. The first-order valence-corrected chi connectivity index (χ1v) is 33.3. The summed E-state index contributed by atoms with van der Waals surface area (Å²) in [5.74, 6) is -0.0642. The summed E-state index contributed by atoms with van der Waals surface area (Å²) < 4.78 is 5.50. The third-order valence-corrected chi connectivity index (χ3v) is 15.4. The van der Waals surface area contributed by atoms with Crippen LogP contribution in [0.4, 0.5) is 0 Å². The standard InChI is InChI=1S/C68H129NO5/c1-3-5-7-9-11-13-15-17-19-21-30-34-38-42-46-50-54-58-62-68(73)74-63-59-55-51-47-43-39-35-31-28-26-24-22-23-25-27-29-33-37-41-45-49-53-57-61-67(72)69-65(64-70)66(71)60-56-52-48-44-40-36-32-20-18-16-14-12-10-8-6-4-2/h19,21,25,27,56,60,65-66,70-71H,3-18,20,22-24,26,28-55,57-59,61-64H2,1-2H3,(H,69,72)/b21-19-,27-25-,60-56+. The van der Waals surface area contributed by atoms with E-state index in [0.717, 1.165) is 51.4 Å². The van der Waals surface area contributed by atoms with Crippen LogP contribution in [0.1, 0.15) is 361 Å². The molecule has 0 saturated heterocycles. The van der Waals surface area contributed by atoms with E-state index in [2.05, 4.69) is 43.5 Å². The number of carbonyl (C=O) groups excluding carboxylic acids is 2. The van der Waals surface area contributed by atoms with Crippen LogP contribution in [-0.2, 0) is 14.3 Å². The van der Waals surface area contributed by atoms with Crippen molar-refractivity contribution in [3.05, 3.63) is 36.5 Å². The molecule has 0 bridgehead atoms. The van der Waals surface area contributed by atoms with Crippen molar-refractivity contribution in [2.24, 2.45) is 0 Å². The number of rotatable bonds is 62. The van der Waals surface area contributed by atoms with Crippen LogP contribution in [0.2, 0.25) is 0 Å². The van der Waals surface area contributed by atoms with Crippen molar-refractivity contribution in [1.82, 2.24) is 5.32 Å². The number of hydrogen-bond acceptors (Lipinski definition) is 5. The molecule has 0 aliphatic rings. The third-order valence-electron chi connectivity index (χ3n) is 15.4. The number of carbonyl (C=O) groups is 2. The Kier molecular flexibility index (Phi) is 62.0. The Balaban J connectivity index is 3.42. The van der Waals surface area contributed by atoms with E-state index in [-0.39, 0.29) is 18.5 Å². The molecule has 0 rings (SSSR count). The van der Waals surface area contributed by atoms with Crippen molar-refractivity contribution >= 4 is 11.9 Å². The highest BCUT2D eigenvalue weighted by Crippen LogP contribution is 2.17. The number of nitrogens with one attached hydrogen (secondary N) is 1. The number of esters is 1. The highest BCUT2D eigenvalue weighted by atomic mass is 16.5. The Morgan fingerprint density at radius 3 is 0.959 bits per heavy atom. The molecule has 3 N–H and O–H groups in total. The first-order valence-electron chi connectivity index (χ1n) is 33.3. The van der Waals surface area contributed by atoms with Crippen LogP contribution in [0, 0.1) is 0 Å². The van der Waals surface area contributed by atoms with Gasteiger partial charge in [-0.25, -0.2) is 0 Å². The van der Waals surface area contributed by atoms with Crippen molar-refractivity contribution < 1.29 is 24.5 Å². The van der Waals surface area contributed by atoms with Gasteiger partial charge in [0.05, 0.1) is 25.4 Å². The summed E-state index contributed by atoms with van der Waals surface area (Å²) in [4.78, 5) is 24.6. The molecular formula is C68H129NO5. The fourth-order valence-electron chi connectivity index (χ4n) is 10.3. The van der Waals surface area contributed by atoms with Crippen LogP contribution in [-0.4, -0.2) is 47.4 Å². The van der Waals surface area contributed by atoms with Crippen molar-refractivity contribution in [2.75, 3.05) is 13.2 Å². The third kappa shape index (κ3) is 59.3. The smallest absolute Gasteiger partial charge is 0.305 e. The topological polar surface area (TPSA) is 95.9 Å². The van der Waals surface area contributed by atoms with E-state index < -0.39 is 12.1 Å². The summed E-state index contributed by atoms with van der Waals surface area (Å²) in [5.41, 5.74) is 0. The Hall–Kier alpha value is -1.92. The van der Waals surface area contributed by atoms with Gasteiger partial charge in [0.15, 0.2) is 0 Å². The fourth-order valence-corrected chi connectivity index (χ4v) is 10.3. The van der Waals surface area contributed by atoms with Crippen LogP contribution in [0.3, 0.4) is 0 Å². The van der Waals surface area contributed by atoms with Gasteiger partial charge in [0.25, 0.3) is 0 Å². The van der Waals surface area contributed by atoms with Gasteiger partial charge in [-0.3, -0.25) is 9.59 Å². The van der Waals surface area contributed by atoms with Crippen LogP contribution in [0.15, 0.2) is 36.5 Å². The van der Waals surface area contributed by atoms with Gasteiger partial charge in [0.1, 0.15) is 0 Å². The molecule has 6 nitrogen and oxygen atoms in total. The lowest BCUT2D eigenvalue weighted by Crippen LogP contribution is -2.45. The molecule has 0 radical (unpaired) electrons. The maximum Gasteiger partial charge on any atom is 0.305 e. The van der Waals surface area contributed by atoms with E-state index in [1.165, 1.54) is 283 Å². The molecular weight excluding hydrogens is 911 g/mol. The quantitative estimate of drug-likeness (QED) is 0.0320. The maximum absolute atomic E-state index is 12.5.